The molecule has 0 unspecified atom stereocenters. The molecule has 2 aliphatic heterocycles. The van der Waals surface area contributed by atoms with Gasteiger partial charge in [-0.15, -0.1) is 0 Å². The van der Waals surface area contributed by atoms with Gasteiger partial charge in [0.05, 0.1) is 17.7 Å². The van der Waals surface area contributed by atoms with Crippen molar-refractivity contribution in [3.05, 3.63) is 34.9 Å². The number of fused-ring (bicyclic) bond motifs is 1. The summed E-state index contributed by atoms with van der Waals surface area (Å²) in [4.78, 5) is 40.6. The Labute approximate surface area is 154 Å². The number of ether oxygens (including phenoxy) is 1. The van der Waals surface area contributed by atoms with E-state index in [1.807, 2.05) is 11.8 Å². The van der Waals surface area contributed by atoms with Crippen LogP contribution in [0.1, 0.15) is 64.2 Å². The number of amides is 3. The third-order valence-electron chi connectivity index (χ3n) is 4.94. The van der Waals surface area contributed by atoms with Crippen molar-refractivity contribution < 1.29 is 19.1 Å². The Morgan fingerprint density at radius 3 is 2.65 bits per heavy atom. The first-order valence-corrected chi connectivity index (χ1v) is 9.44. The van der Waals surface area contributed by atoms with Gasteiger partial charge in [-0.2, -0.15) is 0 Å². The SMILES string of the molecule is CCCOC[C@H]1CCN(C(=O)c2ccc3c(c2)C(=O)N(CCC)C3=O)C1. The zero-order valence-corrected chi connectivity index (χ0v) is 15.5. The summed E-state index contributed by atoms with van der Waals surface area (Å²) in [7, 11) is 0. The minimum atomic E-state index is -0.297. The highest BCUT2D eigenvalue weighted by Gasteiger charge is 2.36. The van der Waals surface area contributed by atoms with E-state index in [1.54, 1.807) is 18.2 Å². The Balaban J connectivity index is 1.69. The highest BCUT2D eigenvalue weighted by molar-refractivity contribution is 6.22. The first-order valence-electron chi connectivity index (χ1n) is 9.44. The molecule has 3 rings (SSSR count). The number of rotatable bonds is 7. The van der Waals surface area contributed by atoms with E-state index in [-0.39, 0.29) is 17.7 Å². The molecule has 0 radical (unpaired) electrons. The summed E-state index contributed by atoms with van der Waals surface area (Å²) >= 11 is 0. The van der Waals surface area contributed by atoms with Crippen molar-refractivity contribution in [2.75, 3.05) is 32.8 Å². The smallest absolute Gasteiger partial charge is 0.261 e. The maximum atomic E-state index is 12.8. The normalized spacial score (nSPS) is 19.4. The zero-order valence-electron chi connectivity index (χ0n) is 15.5. The van der Waals surface area contributed by atoms with Gasteiger partial charge in [-0.1, -0.05) is 13.8 Å². The summed E-state index contributed by atoms with van der Waals surface area (Å²) < 4.78 is 5.60. The molecule has 0 aliphatic carbocycles. The molecule has 1 aromatic rings. The molecule has 6 nitrogen and oxygen atoms in total. The molecule has 3 amide bonds. The van der Waals surface area contributed by atoms with E-state index in [1.165, 1.54) is 4.90 Å². The lowest BCUT2D eigenvalue weighted by Crippen LogP contribution is -2.30. The number of hydrogen-bond donors (Lipinski definition) is 0. The van der Waals surface area contributed by atoms with E-state index < -0.39 is 0 Å². The van der Waals surface area contributed by atoms with Crippen molar-refractivity contribution in [3.63, 3.8) is 0 Å². The maximum absolute atomic E-state index is 12.8. The number of carbonyl (C=O) groups is 3. The maximum Gasteiger partial charge on any atom is 0.261 e. The van der Waals surface area contributed by atoms with Crippen LogP contribution in [-0.2, 0) is 4.74 Å². The standard InChI is InChI=1S/C20H26N2O4/c1-3-8-22-19(24)16-6-5-15(11-17(16)20(22)25)18(23)21-9-7-14(12-21)13-26-10-4-2/h5-6,11,14H,3-4,7-10,12-13H2,1-2H3/t14-/m0/s1. The molecule has 0 N–H and O–H groups in total. The number of imide groups is 1. The van der Waals surface area contributed by atoms with Crippen molar-refractivity contribution in [1.82, 2.24) is 9.80 Å². The monoisotopic (exact) mass is 358 g/mol. The summed E-state index contributed by atoms with van der Waals surface area (Å²) in [6.45, 7) is 7.21. The molecule has 0 saturated carbocycles. The minimum absolute atomic E-state index is 0.0833. The molecule has 1 aromatic carbocycles. The van der Waals surface area contributed by atoms with Gasteiger partial charge in [0.25, 0.3) is 17.7 Å². The van der Waals surface area contributed by atoms with E-state index in [4.69, 9.17) is 4.74 Å². The van der Waals surface area contributed by atoms with Gasteiger partial charge >= 0.3 is 0 Å². The Morgan fingerprint density at radius 1 is 1.15 bits per heavy atom. The topological polar surface area (TPSA) is 66.9 Å². The predicted molar refractivity (Wildman–Crippen MR) is 97.2 cm³/mol. The average Bonchev–Trinajstić information content (AvgIpc) is 3.21. The molecular weight excluding hydrogens is 332 g/mol. The lowest BCUT2D eigenvalue weighted by Gasteiger charge is -2.17. The molecule has 1 atom stereocenters. The lowest BCUT2D eigenvalue weighted by molar-refractivity contribution is 0.0654. The fourth-order valence-corrected chi connectivity index (χ4v) is 3.58. The number of likely N-dealkylation sites (tertiary alicyclic amines) is 1. The molecule has 140 valence electrons. The minimum Gasteiger partial charge on any atom is -0.381 e. The fourth-order valence-electron chi connectivity index (χ4n) is 3.58. The molecule has 0 aromatic heterocycles. The third kappa shape index (κ3) is 3.51. The van der Waals surface area contributed by atoms with E-state index in [2.05, 4.69) is 6.92 Å². The van der Waals surface area contributed by atoms with Crippen LogP contribution in [0.5, 0.6) is 0 Å². The molecule has 1 fully saturated rings. The van der Waals surface area contributed by atoms with Crippen LogP contribution in [0.25, 0.3) is 0 Å². The largest absolute Gasteiger partial charge is 0.381 e. The molecule has 0 spiro atoms. The van der Waals surface area contributed by atoms with Crippen molar-refractivity contribution in [3.8, 4) is 0 Å². The highest BCUT2D eigenvalue weighted by atomic mass is 16.5. The molecule has 2 aliphatic rings. The summed E-state index contributed by atoms with van der Waals surface area (Å²) in [5, 5.41) is 0. The van der Waals surface area contributed by atoms with E-state index in [9.17, 15) is 14.4 Å². The van der Waals surface area contributed by atoms with Gasteiger partial charge in [-0.25, -0.2) is 0 Å². The summed E-state index contributed by atoms with van der Waals surface area (Å²) in [6, 6.07) is 4.84. The third-order valence-corrected chi connectivity index (χ3v) is 4.94. The van der Waals surface area contributed by atoms with Gasteiger partial charge in [0.15, 0.2) is 0 Å². The van der Waals surface area contributed by atoms with Gasteiger partial charge < -0.3 is 9.64 Å². The van der Waals surface area contributed by atoms with Gasteiger partial charge in [0.1, 0.15) is 0 Å². The zero-order chi connectivity index (χ0) is 18.7. The Kier molecular flexibility index (Phi) is 5.71. The van der Waals surface area contributed by atoms with Crippen molar-refractivity contribution in [2.45, 2.75) is 33.1 Å². The van der Waals surface area contributed by atoms with Crippen molar-refractivity contribution in [1.29, 1.82) is 0 Å². The van der Waals surface area contributed by atoms with E-state index in [0.29, 0.717) is 55.3 Å². The average molecular weight is 358 g/mol. The number of carbonyl (C=O) groups excluding carboxylic acids is 3. The summed E-state index contributed by atoms with van der Waals surface area (Å²) in [6.07, 6.45) is 2.64. The van der Waals surface area contributed by atoms with Crippen molar-refractivity contribution in [2.24, 2.45) is 5.92 Å². The molecule has 0 bridgehead atoms. The predicted octanol–water partition coefficient (Wildman–Crippen LogP) is 2.58. The van der Waals surface area contributed by atoms with Crippen LogP contribution in [-0.4, -0.2) is 60.4 Å². The highest BCUT2D eigenvalue weighted by Crippen LogP contribution is 2.26. The second-order valence-electron chi connectivity index (χ2n) is 7.00. The second kappa shape index (κ2) is 7.99. The second-order valence-corrected chi connectivity index (χ2v) is 7.00. The van der Waals surface area contributed by atoms with E-state index in [0.717, 1.165) is 19.4 Å². The summed E-state index contributed by atoms with van der Waals surface area (Å²) in [5.74, 6) is -0.280. The number of benzene rings is 1. The van der Waals surface area contributed by atoms with Crippen LogP contribution in [0.15, 0.2) is 18.2 Å². The Hall–Kier alpha value is -2.21. The Bertz CT molecular complexity index is 716. The van der Waals surface area contributed by atoms with Crippen LogP contribution in [0.2, 0.25) is 0 Å². The molecule has 6 heteroatoms. The van der Waals surface area contributed by atoms with Crippen LogP contribution < -0.4 is 0 Å². The number of nitrogens with zero attached hydrogens (tertiary/aromatic N) is 2. The summed E-state index contributed by atoms with van der Waals surface area (Å²) in [5.41, 5.74) is 1.21. The first-order chi connectivity index (χ1) is 12.6. The van der Waals surface area contributed by atoms with Crippen LogP contribution in [0, 0.1) is 5.92 Å². The van der Waals surface area contributed by atoms with Crippen molar-refractivity contribution >= 4 is 17.7 Å². The number of hydrogen-bond acceptors (Lipinski definition) is 4. The van der Waals surface area contributed by atoms with Crippen LogP contribution >= 0.6 is 0 Å². The Morgan fingerprint density at radius 2 is 1.92 bits per heavy atom. The quantitative estimate of drug-likeness (QED) is 0.555. The fraction of sp³-hybridized carbons (Fsp3) is 0.550. The van der Waals surface area contributed by atoms with Crippen LogP contribution in [0.4, 0.5) is 0 Å². The molecular formula is C20H26N2O4. The van der Waals surface area contributed by atoms with Gasteiger partial charge in [0.2, 0.25) is 0 Å². The van der Waals surface area contributed by atoms with Crippen LogP contribution in [0.3, 0.4) is 0 Å². The van der Waals surface area contributed by atoms with Gasteiger partial charge in [0, 0.05) is 37.7 Å². The first kappa shape index (κ1) is 18.6. The van der Waals surface area contributed by atoms with Gasteiger partial charge in [-0.3, -0.25) is 19.3 Å². The van der Waals surface area contributed by atoms with Gasteiger partial charge in [-0.05, 0) is 37.5 Å². The molecule has 26 heavy (non-hydrogen) atoms. The lowest BCUT2D eigenvalue weighted by atomic mass is 10.0. The molecule has 1 saturated heterocycles. The molecule has 2 heterocycles. The van der Waals surface area contributed by atoms with E-state index >= 15 is 0 Å².